The first kappa shape index (κ1) is 28.9. The number of ether oxygens (including phenoxy) is 1. The van der Waals surface area contributed by atoms with Crippen LogP contribution in [0.4, 0.5) is 5.69 Å². The normalized spacial score (nSPS) is 17.0. The molecule has 1 saturated carbocycles. The van der Waals surface area contributed by atoms with Gasteiger partial charge in [-0.15, -0.1) is 6.58 Å². The van der Waals surface area contributed by atoms with Crippen molar-refractivity contribution in [1.82, 2.24) is 19.2 Å². The predicted octanol–water partition coefficient (Wildman–Crippen LogP) is 3.31. The zero-order chi connectivity index (χ0) is 29.5. The van der Waals surface area contributed by atoms with Crippen molar-refractivity contribution in [3.05, 3.63) is 69.8 Å². The van der Waals surface area contributed by atoms with Gasteiger partial charge in [0, 0.05) is 49.1 Å². The van der Waals surface area contributed by atoms with Crippen molar-refractivity contribution in [3.63, 3.8) is 0 Å². The van der Waals surface area contributed by atoms with Crippen molar-refractivity contribution in [2.24, 2.45) is 0 Å². The lowest BCUT2D eigenvalue weighted by molar-refractivity contribution is 0.0952. The van der Waals surface area contributed by atoms with Crippen molar-refractivity contribution in [3.8, 4) is 5.75 Å². The summed E-state index contributed by atoms with van der Waals surface area (Å²) in [5, 5.41) is 3.47. The Morgan fingerprint density at radius 1 is 1.17 bits per heavy atom. The molecule has 2 aromatic heterocycles. The van der Waals surface area contributed by atoms with Crippen LogP contribution in [0.5, 0.6) is 5.75 Å². The van der Waals surface area contributed by atoms with Crippen molar-refractivity contribution >= 4 is 32.5 Å². The van der Waals surface area contributed by atoms with Gasteiger partial charge in [0.25, 0.3) is 11.5 Å². The second-order valence-electron chi connectivity index (χ2n) is 11.1. The molecule has 1 aliphatic heterocycles. The van der Waals surface area contributed by atoms with Crippen molar-refractivity contribution in [2.75, 3.05) is 44.7 Å². The fourth-order valence-electron chi connectivity index (χ4n) is 5.87. The molecular weight excluding hydrogens is 542 g/mol. The first-order chi connectivity index (χ1) is 19.5. The number of aromatic amines is 1. The van der Waals surface area contributed by atoms with Crippen LogP contribution in [-0.2, 0) is 16.6 Å². The number of carbonyl (C=O) groups excluding carboxylic acids is 1. The number of rotatable bonds is 10. The average Bonchev–Trinajstić information content (AvgIpc) is 3.68. The maximum Gasteiger partial charge on any atom is 0.256 e. The Morgan fingerprint density at radius 3 is 2.49 bits per heavy atom. The van der Waals surface area contributed by atoms with Crippen LogP contribution >= 0.6 is 0 Å². The third-order valence-electron chi connectivity index (χ3n) is 8.48. The molecule has 2 N–H and O–H groups in total. The van der Waals surface area contributed by atoms with E-state index in [2.05, 4.69) is 33.6 Å². The first-order valence-electron chi connectivity index (χ1n) is 14.1. The molecule has 5 rings (SSSR count). The number of nitrogens with one attached hydrogen (secondary N) is 2. The summed E-state index contributed by atoms with van der Waals surface area (Å²) in [6.07, 6.45) is 4.85. The van der Waals surface area contributed by atoms with Crippen LogP contribution in [0, 0.1) is 13.8 Å². The maximum atomic E-state index is 14.0. The Balaban J connectivity index is 1.59. The number of H-pyrrole nitrogens is 1. The number of methoxy groups -OCH3 is 1. The minimum absolute atomic E-state index is 0.0426. The third-order valence-corrected chi connectivity index (χ3v) is 11.0. The minimum atomic E-state index is -3.75. The number of anilines is 1. The van der Waals surface area contributed by atoms with E-state index < -0.39 is 20.7 Å². The molecule has 10 nitrogen and oxygen atoms in total. The topological polar surface area (TPSA) is 117 Å². The van der Waals surface area contributed by atoms with E-state index in [0.29, 0.717) is 58.3 Å². The van der Waals surface area contributed by atoms with Crippen LogP contribution in [0.2, 0.25) is 0 Å². The number of fused-ring (bicyclic) bond motifs is 1. The van der Waals surface area contributed by atoms with Gasteiger partial charge in [0.1, 0.15) is 5.75 Å². The lowest BCUT2D eigenvalue weighted by Gasteiger charge is -2.35. The number of aromatic nitrogens is 2. The van der Waals surface area contributed by atoms with E-state index in [9.17, 15) is 18.0 Å². The van der Waals surface area contributed by atoms with Crippen molar-refractivity contribution in [2.45, 2.75) is 51.3 Å². The van der Waals surface area contributed by atoms with Crippen molar-refractivity contribution in [1.29, 1.82) is 0 Å². The average molecular weight is 582 g/mol. The monoisotopic (exact) mass is 581 g/mol. The van der Waals surface area contributed by atoms with Crippen LogP contribution in [0.15, 0.2) is 41.8 Å². The summed E-state index contributed by atoms with van der Waals surface area (Å²) in [5.41, 5.74) is 2.99. The number of likely N-dealkylation sites (N-methyl/N-ethyl adjacent to an activating group) is 1. The molecule has 0 atom stereocenters. The van der Waals surface area contributed by atoms with Crippen LogP contribution in [0.25, 0.3) is 10.9 Å². The number of allylic oxidation sites excluding steroid dienone is 1. The molecule has 1 saturated heterocycles. The fraction of sp³-hybridized carbons (Fsp3) is 0.467. The van der Waals surface area contributed by atoms with Crippen molar-refractivity contribution < 1.29 is 17.9 Å². The molecule has 2 fully saturated rings. The van der Waals surface area contributed by atoms with Gasteiger partial charge in [0.05, 0.1) is 35.0 Å². The van der Waals surface area contributed by atoms with E-state index in [1.807, 2.05) is 19.1 Å². The summed E-state index contributed by atoms with van der Waals surface area (Å²) >= 11 is 0. The summed E-state index contributed by atoms with van der Waals surface area (Å²) in [5.74, 6) is 0.00108. The lowest BCUT2D eigenvalue weighted by atomic mass is 10.0. The highest BCUT2D eigenvalue weighted by Crippen LogP contribution is 2.49. The first-order valence-corrected chi connectivity index (χ1v) is 15.5. The van der Waals surface area contributed by atoms with Gasteiger partial charge in [-0.1, -0.05) is 13.0 Å². The molecule has 41 heavy (non-hydrogen) atoms. The van der Waals surface area contributed by atoms with Gasteiger partial charge in [-0.25, -0.2) is 12.4 Å². The highest BCUT2D eigenvalue weighted by Gasteiger charge is 2.54. The highest BCUT2D eigenvalue weighted by atomic mass is 32.2. The zero-order valence-corrected chi connectivity index (χ0v) is 25.1. The summed E-state index contributed by atoms with van der Waals surface area (Å²) in [6.45, 7) is 13.7. The molecule has 1 amide bonds. The predicted molar refractivity (Wildman–Crippen MR) is 162 cm³/mol. The summed E-state index contributed by atoms with van der Waals surface area (Å²) in [6, 6.07) is 5.45. The van der Waals surface area contributed by atoms with Gasteiger partial charge in [-0.05, 0) is 63.4 Å². The highest BCUT2D eigenvalue weighted by molar-refractivity contribution is 7.91. The number of benzene rings is 1. The van der Waals surface area contributed by atoms with E-state index >= 15 is 0 Å². The third kappa shape index (κ3) is 5.17. The number of piperazine rings is 1. The second kappa shape index (κ2) is 11.0. The lowest BCUT2D eigenvalue weighted by Crippen LogP contribution is -2.46. The Morgan fingerprint density at radius 2 is 1.88 bits per heavy atom. The molecule has 1 aromatic carbocycles. The number of hydrogen-bond donors (Lipinski definition) is 2. The number of nitrogens with zero attached hydrogens (tertiary/aromatic N) is 3. The number of aryl methyl sites for hydroxylation is 2. The Kier molecular flexibility index (Phi) is 7.78. The van der Waals surface area contributed by atoms with Crippen LogP contribution in [0.3, 0.4) is 0 Å². The summed E-state index contributed by atoms with van der Waals surface area (Å²) in [7, 11) is -2.26. The molecule has 3 heterocycles. The molecule has 2 aliphatic rings. The largest absolute Gasteiger partial charge is 0.496 e. The number of amides is 1. The second-order valence-corrected chi connectivity index (χ2v) is 13.3. The zero-order valence-electron chi connectivity index (χ0n) is 24.2. The fourth-order valence-corrected chi connectivity index (χ4v) is 7.93. The van der Waals surface area contributed by atoms with Crippen LogP contribution in [0.1, 0.15) is 53.4 Å². The van der Waals surface area contributed by atoms with Gasteiger partial charge >= 0.3 is 0 Å². The number of carbonyl (C=O) groups is 1. The maximum absolute atomic E-state index is 14.0. The molecule has 0 radical (unpaired) electrons. The molecular formula is C30H39N5O5S. The summed E-state index contributed by atoms with van der Waals surface area (Å²) in [4.78, 5) is 33.8. The van der Waals surface area contributed by atoms with E-state index in [-0.39, 0.29) is 12.1 Å². The molecule has 3 aromatic rings. The van der Waals surface area contributed by atoms with Gasteiger partial charge in [-0.2, -0.15) is 0 Å². The molecule has 220 valence electrons. The Hall–Kier alpha value is -3.57. The quantitative estimate of drug-likeness (QED) is 0.353. The Labute approximate surface area is 241 Å². The van der Waals surface area contributed by atoms with Gasteiger partial charge in [0.2, 0.25) is 10.0 Å². The molecule has 11 heteroatoms. The molecule has 0 spiro atoms. The number of hydrogen-bond acceptors (Lipinski definition) is 7. The van der Waals surface area contributed by atoms with Gasteiger partial charge in [-0.3, -0.25) is 9.59 Å². The Bertz CT molecular complexity index is 1660. The summed E-state index contributed by atoms with van der Waals surface area (Å²) < 4.78 is 33.9. The van der Waals surface area contributed by atoms with E-state index in [1.54, 1.807) is 25.3 Å². The SMILES string of the molecule is C=CCC1(S(=O)(=O)n2cc(C)c3c(C(=O)NCc4c(OC)cc(C)[nH]c4=O)cc(N4CCN(CC)CC4)cc32)CC1. The van der Waals surface area contributed by atoms with Gasteiger partial charge < -0.3 is 24.8 Å². The molecule has 1 aliphatic carbocycles. The number of pyridine rings is 1. The van der Waals surface area contributed by atoms with Crippen LogP contribution in [-0.4, -0.2) is 72.8 Å². The standard InChI is InChI=1S/C30H39N5O5S/c1-6-8-30(9-10-30)41(38,39)35-19-20(3)27-23(16-22(17-25(27)35)34-13-11-33(7-2)12-14-34)28(36)31-18-24-26(40-5)15-21(4)32-29(24)37/h6,15-17,19H,1,7-14,18H2,2-5H3,(H,31,36)(H,32,37). The smallest absolute Gasteiger partial charge is 0.256 e. The molecule has 0 unspecified atom stereocenters. The minimum Gasteiger partial charge on any atom is -0.496 e. The van der Waals surface area contributed by atoms with Gasteiger partial charge in [0.15, 0.2) is 0 Å². The van der Waals surface area contributed by atoms with Crippen LogP contribution < -0.4 is 20.5 Å². The van der Waals surface area contributed by atoms with E-state index in [1.165, 1.54) is 11.1 Å². The van der Waals surface area contributed by atoms with E-state index in [4.69, 9.17) is 4.74 Å². The molecule has 0 bridgehead atoms. The van der Waals surface area contributed by atoms with E-state index in [0.717, 1.165) is 38.4 Å².